The fourth-order valence-corrected chi connectivity index (χ4v) is 3.59. The van der Waals surface area contributed by atoms with E-state index in [1.54, 1.807) is 16.8 Å². The number of fused-ring (bicyclic) bond motifs is 1. The van der Waals surface area contributed by atoms with Gasteiger partial charge in [-0.1, -0.05) is 38.1 Å². The summed E-state index contributed by atoms with van der Waals surface area (Å²) in [6.45, 7) is 10.8. The van der Waals surface area contributed by atoms with Gasteiger partial charge in [-0.2, -0.15) is 9.78 Å². The van der Waals surface area contributed by atoms with Gasteiger partial charge in [-0.05, 0) is 62.1 Å². The maximum atomic E-state index is 13.0. The molecule has 4 aromatic rings. The van der Waals surface area contributed by atoms with E-state index in [0.717, 1.165) is 27.7 Å². The molecule has 0 spiro atoms. The fourth-order valence-electron chi connectivity index (χ4n) is 3.59. The number of hydrogen-bond acceptors (Lipinski definition) is 4. The molecule has 4 rings (SSSR count). The van der Waals surface area contributed by atoms with E-state index in [0.29, 0.717) is 35.5 Å². The van der Waals surface area contributed by atoms with Crippen LogP contribution in [0.4, 0.5) is 5.82 Å². The van der Waals surface area contributed by atoms with Crippen molar-refractivity contribution in [3.63, 3.8) is 0 Å². The Morgan fingerprint density at radius 1 is 1.03 bits per heavy atom. The van der Waals surface area contributed by atoms with Crippen molar-refractivity contribution in [2.24, 2.45) is 5.92 Å². The number of aromatic nitrogens is 3. The SMILES string of the molecule is Cc1cc(NC(=O)c2cccc(OCC(C)C)c2)n(-c2cc(C)c3cccc(C)c3n2)n1. The molecule has 0 aliphatic carbocycles. The summed E-state index contributed by atoms with van der Waals surface area (Å²) in [5.74, 6) is 2.10. The molecule has 0 saturated heterocycles. The standard InChI is InChI=1S/C26H28N4O2/c1-16(2)15-32-21-10-7-9-20(14-21)26(31)28-24-13-19(5)29-30(24)23-12-18(4)22-11-6-8-17(3)25(22)27-23/h6-14,16H,15H2,1-5H3,(H,28,31). The quantitative estimate of drug-likeness (QED) is 0.432. The van der Waals surface area contributed by atoms with Crippen LogP contribution in [0, 0.1) is 26.7 Å². The molecule has 32 heavy (non-hydrogen) atoms. The number of aryl methyl sites for hydroxylation is 3. The molecular weight excluding hydrogens is 400 g/mol. The Hall–Kier alpha value is -3.67. The monoisotopic (exact) mass is 428 g/mol. The van der Waals surface area contributed by atoms with Gasteiger partial charge >= 0.3 is 0 Å². The van der Waals surface area contributed by atoms with Crippen molar-refractivity contribution in [2.45, 2.75) is 34.6 Å². The lowest BCUT2D eigenvalue weighted by molar-refractivity contribution is 0.102. The Morgan fingerprint density at radius 3 is 2.59 bits per heavy atom. The molecule has 0 radical (unpaired) electrons. The predicted molar refractivity (Wildman–Crippen MR) is 128 cm³/mol. The first-order valence-corrected chi connectivity index (χ1v) is 10.8. The first-order valence-electron chi connectivity index (χ1n) is 10.8. The Morgan fingerprint density at radius 2 is 1.81 bits per heavy atom. The molecule has 2 aromatic carbocycles. The minimum Gasteiger partial charge on any atom is -0.493 e. The number of amides is 1. The van der Waals surface area contributed by atoms with Crippen LogP contribution < -0.4 is 10.1 Å². The van der Waals surface area contributed by atoms with Gasteiger partial charge in [0.25, 0.3) is 5.91 Å². The normalized spacial score (nSPS) is 11.2. The van der Waals surface area contributed by atoms with Crippen molar-refractivity contribution in [1.82, 2.24) is 14.8 Å². The molecule has 0 atom stereocenters. The zero-order valence-electron chi connectivity index (χ0n) is 19.1. The van der Waals surface area contributed by atoms with E-state index in [2.05, 4.69) is 37.3 Å². The molecule has 6 heteroatoms. The fraction of sp³-hybridized carbons (Fsp3) is 0.269. The van der Waals surface area contributed by atoms with E-state index in [1.807, 2.05) is 50.2 Å². The largest absolute Gasteiger partial charge is 0.493 e. The zero-order chi connectivity index (χ0) is 22.8. The average molecular weight is 429 g/mol. The van der Waals surface area contributed by atoms with Crippen LogP contribution in [0.5, 0.6) is 5.75 Å². The highest BCUT2D eigenvalue weighted by Crippen LogP contribution is 2.25. The van der Waals surface area contributed by atoms with E-state index in [1.165, 1.54) is 0 Å². The van der Waals surface area contributed by atoms with Crippen molar-refractivity contribution in [1.29, 1.82) is 0 Å². The highest BCUT2D eigenvalue weighted by atomic mass is 16.5. The van der Waals surface area contributed by atoms with Gasteiger partial charge in [0, 0.05) is 17.0 Å². The van der Waals surface area contributed by atoms with E-state index in [-0.39, 0.29) is 5.91 Å². The van der Waals surface area contributed by atoms with Crippen LogP contribution in [0.3, 0.4) is 0 Å². The number of pyridine rings is 1. The van der Waals surface area contributed by atoms with Crippen molar-refractivity contribution in [2.75, 3.05) is 11.9 Å². The maximum absolute atomic E-state index is 13.0. The minimum atomic E-state index is -0.227. The second kappa shape index (κ2) is 8.83. The summed E-state index contributed by atoms with van der Waals surface area (Å²) in [4.78, 5) is 17.8. The van der Waals surface area contributed by atoms with Gasteiger partial charge < -0.3 is 10.1 Å². The first-order chi connectivity index (χ1) is 15.3. The Labute approximate surface area is 188 Å². The third-order valence-electron chi connectivity index (χ3n) is 5.20. The molecule has 0 bridgehead atoms. The van der Waals surface area contributed by atoms with Crippen molar-refractivity contribution >= 4 is 22.6 Å². The van der Waals surface area contributed by atoms with Gasteiger partial charge in [-0.25, -0.2) is 4.98 Å². The molecule has 0 saturated carbocycles. The highest BCUT2D eigenvalue weighted by molar-refractivity contribution is 6.04. The van der Waals surface area contributed by atoms with Crippen LogP contribution in [0.2, 0.25) is 0 Å². The van der Waals surface area contributed by atoms with Crippen LogP contribution >= 0.6 is 0 Å². The summed E-state index contributed by atoms with van der Waals surface area (Å²) in [6, 6.07) is 17.2. The molecule has 1 N–H and O–H groups in total. The number of hydrogen-bond donors (Lipinski definition) is 1. The summed E-state index contributed by atoms with van der Waals surface area (Å²) < 4.78 is 7.45. The van der Waals surface area contributed by atoms with Crippen molar-refractivity contribution in [3.8, 4) is 11.6 Å². The zero-order valence-corrected chi connectivity index (χ0v) is 19.1. The van der Waals surface area contributed by atoms with Crippen LogP contribution in [-0.4, -0.2) is 27.3 Å². The molecule has 2 aromatic heterocycles. The molecule has 2 heterocycles. The number of carbonyl (C=O) groups excluding carboxylic acids is 1. The lowest BCUT2D eigenvalue weighted by atomic mass is 10.1. The lowest BCUT2D eigenvalue weighted by Gasteiger charge is -2.12. The number of ether oxygens (including phenoxy) is 1. The number of carbonyl (C=O) groups is 1. The van der Waals surface area contributed by atoms with Crippen molar-refractivity contribution in [3.05, 3.63) is 77.0 Å². The molecular formula is C26H28N4O2. The van der Waals surface area contributed by atoms with Gasteiger partial charge in [0.15, 0.2) is 5.82 Å². The van der Waals surface area contributed by atoms with Gasteiger partial charge in [0.2, 0.25) is 0 Å². The number of nitrogens with one attached hydrogen (secondary N) is 1. The third kappa shape index (κ3) is 4.49. The van der Waals surface area contributed by atoms with E-state index in [4.69, 9.17) is 9.72 Å². The molecule has 0 unspecified atom stereocenters. The van der Waals surface area contributed by atoms with Crippen LogP contribution in [0.15, 0.2) is 54.6 Å². The summed E-state index contributed by atoms with van der Waals surface area (Å²) in [7, 11) is 0. The van der Waals surface area contributed by atoms with Gasteiger partial charge in [-0.15, -0.1) is 0 Å². The molecule has 0 fully saturated rings. The minimum absolute atomic E-state index is 0.227. The van der Waals surface area contributed by atoms with Gasteiger partial charge in [0.05, 0.1) is 17.8 Å². The van der Waals surface area contributed by atoms with E-state index >= 15 is 0 Å². The number of rotatable bonds is 6. The molecule has 1 amide bonds. The third-order valence-corrected chi connectivity index (χ3v) is 5.20. The molecule has 6 nitrogen and oxygen atoms in total. The average Bonchev–Trinajstić information content (AvgIpc) is 3.13. The smallest absolute Gasteiger partial charge is 0.256 e. The Kier molecular flexibility index (Phi) is 5.95. The van der Waals surface area contributed by atoms with Gasteiger partial charge in [-0.3, -0.25) is 4.79 Å². The molecule has 0 aliphatic rings. The second-order valence-corrected chi connectivity index (χ2v) is 8.54. The van der Waals surface area contributed by atoms with Crippen LogP contribution in [-0.2, 0) is 0 Å². The summed E-state index contributed by atoms with van der Waals surface area (Å²) >= 11 is 0. The number of para-hydroxylation sites is 1. The lowest BCUT2D eigenvalue weighted by Crippen LogP contribution is -2.16. The number of nitrogens with zero attached hydrogens (tertiary/aromatic N) is 3. The second-order valence-electron chi connectivity index (χ2n) is 8.54. The van der Waals surface area contributed by atoms with Crippen LogP contribution in [0.1, 0.15) is 41.0 Å². The highest BCUT2D eigenvalue weighted by Gasteiger charge is 2.15. The van der Waals surface area contributed by atoms with Crippen molar-refractivity contribution < 1.29 is 9.53 Å². The van der Waals surface area contributed by atoms with Crippen LogP contribution in [0.25, 0.3) is 16.7 Å². The van der Waals surface area contributed by atoms with E-state index in [9.17, 15) is 4.79 Å². The Balaban J connectivity index is 1.65. The first kappa shape index (κ1) is 21.6. The van der Waals surface area contributed by atoms with E-state index < -0.39 is 0 Å². The number of anilines is 1. The summed E-state index contributed by atoms with van der Waals surface area (Å²) in [5, 5.41) is 8.69. The molecule has 164 valence electrons. The Bertz CT molecular complexity index is 1290. The van der Waals surface area contributed by atoms with Gasteiger partial charge in [0.1, 0.15) is 11.6 Å². The topological polar surface area (TPSA) is 69.0 Å². The summed E-state index contributed by atoms with van der Waals surface area (Å²) in [5.41, 5.74) is 4.45. The maximum Gasteiger partial charge on any atom is 0.256 e. The predicted octanol–water partition coefficient (Wildman–Crippen LogP) is 5.63. The number of benzene rings is 2. The summed E-state index contributed by atoms with van der Waals surface area (Å²) in [6.07, 6.45) is 0. The molecule has 0 aliphatic heterocycles.